The predicted molar refractivity (Wildman–Crippen MR) is 86.3 cm³/mol. The van der Waals surface area contributed by atoms with E-state index in [2.05, 4.69) is 16.6 Å². The smallest absolute Gasteiger partial charge is 0.408 e. The van der Waals surface area contributed by atoms with Gasteiger partial charge in [-0.25, -0.2) is 9.59 Å². The third-order valence-corrected chi connectivity index (χ3v) is 2.91. The van der Waals surface area contributed by atoms with Crippen molar-refractivity contribution in [3.63, 3.8) is 0 Å². The molecule has 0 aliphatic carbocycles. The number of esters is 1. The zero-order chi connectivity index (χ0) is 17.6. The van der Waals surface area contributed by atoms with Crippen LogP contribution in [-0.2, 0) is 14.3 Å². The highest BCUT2D eigenvalue weighted by atomic mass is 16.6. The molecule has 126 valence electrons. The second kappa shape index (κ2) is 7.67. The summed E-state index contributed by atoms with van der Waals surface area (Å²) in [6.07, 6.45) is -0.650. The lowest BCUT2D eigenvalue weighted by Gasteiger charge is -2.24. The lowest BCUT2D eigenvalue weighted by atomic mass is 10.00. The number of hydrogen-bond acceptors (Lipinski definition) is 5. The van der Waals surface area contributed by atoms with Crippen molar-refractivity contribution in [2.45, 2.75) is 32.4 Å². The maximum Gasteiger partial charge on any atom is 0.408 e. The van der Waals surface area contributed by atoms with Gasteiger partial charge in [-0.2, -0.15) is 0 Å². The SMILES string of the molecule is C=C(C(=O)OC)C(NC(=O)OC(C)(C)C)c1ccc(OC)cc1. The first-order valence-corrected chi connectivity index (χ1v) is 7.08. The van der Waals surface area contributed by atoms with Gasteiger partial charge in [-0.3, -0.25) is 0 Å². The van der Waals surface area contributed by atoms with Crippen molar-refractivity contribution in [1.29, 1.82) is 0 Å². The lowest BCUT2D eigenvalue weighted by molar-refractivity contribution is -0.136. The molecule has 1 rings (SSSR count). The molecule has 6 heteroatoms. The number of carbonyl (C=O) groups is 2. The standard InChI is InChI=1S/C17H23NO5/c1-11(15(19)22-6)14(18-16(20)23-17(2,3)4)12-7-9-13(21-5)10-8-12/h7-10,14H,1H2,2-6H3,(H,18,20). The van der Waals surface area contributed by atoms with Crippen LogP contribution in [0.2, 0.25) is 0 Å². The molecule has 0 fully saturated rings. The van der Waals surface area contributed by atoms with E-state index in [4.69, 9.17) is 9.47 Å². The van der Waals surface area contributed by atoms with Gasteiger partial charge in [0.05, 0.1) is 25.8 Å². The summed E-state index contributed by atoms with van der Waals surface area (Å²) in [7, 11) is 2.81. The molecule has 0 saturated carbocycles. The van der Waals surface area contributed by atoms with Gasteiger partial charge < -0.3 is 19.5 Å². The second-order valence-electron chi connectivity index (χ2n) is 5.87. The van der Waals surface area contributed by atoms with E-state index in [0.717, 1.165) is 0 Å². The van der Waals surface area contributed by atoms with E-state index in [1.165, 1.54) is 7.11 Å². The molecule has 0 aromatic heterocycles. The Bertz CT molecular complexity index is 572. The summed E-state index contributed by atoms with van der Waals surface area (Å²) in [5.74, 6) is 0.0512. The van der Waals surface area contributed by atoms with E-state index in [9.17, 15) is 9.59 Å². The first-order chi connectivity index (χ1) is 10.7. The number of benzene rings is 1. The molecule has 0 heterocycles. The summed E-state index contributed by atoms with van der Waals surface area (Å²) >= 11 is 0. The molecule has 0 aliphatic heterocycles. The Labute approximate surface area is 136 Å². The Hall–Kier alpha value is -2.50. The van der Waals surface area contributed by atoms with Gasteiger partial charge in [0.1, 0.15) is 11.4 Å². The Kier molecular flexibility index (Phi) is 6.18. The summed E-state index contributed by atoms with van der Waals surface area (Å²) in [5.41, 5.74) is 0.108. The fourth-order valence-electron chi connectivity index (χ4n) is 1.84. The molecule has 1 amide bonds. The maximum absolute atomic E-state index is 12.0. The molecule has 0 spiro atoms. The van der Waals surface area contributed by atoms with Crippen molar-refractivity contribution in [1.82, 2.24) is 5.32 Å². The van der Waals surface area contributed by atoms with E-state index in [0.29, 0.717) is 11.3 Å². The fraction of sp³-hybridized carbons (Fsp3) is 0.412. The van der Waals surface area contributed by atoms with E-state index in [-0.39, 0.29) is 5.57 Å². The van der Waals surface area contributed by atoms with Crippen molar-refractivity contribution < 1.29 is 23.8 Å². The topological polar surface area (TPSA) is 73.9 Å². The van der Waals surface area contributed by atoms with Crippen LogP contribution < -0.4 is 10.1 Å². The fourth-order valence-corrected chi connectivity index (χ4v) is 1.84. The van der Waals surface area contributed by atoms with Crippen LogP contribution in [-0.4, -0.2) is 31.9 Å². The second-order valence-corrected chi connectivity index (χ2v) is 5.87. The van der Waals surface area contributed by atoms with Crippen LogP contribution in [0, 0.1) is 0 Å². The molecule has 23 heavy (non-hydrogen) atoms. The number of ether oxygens (including phenoxy) is 3. The number of amides is 1. The summed E-state index contributed by atoms with van der Waals surface area (Å²) in [5, 5.41) is 2.64. The average molecular weight is 321 g/mol. The third-order valence-electron chi connectivity index (χ3n) is 2.91. The molecule has 6 nitrogen and oxygen atoms in total. The molecular weight excluding hydrogens is 298 g/mol. The van der Waals surface area contributed by atoms with Gasteiger partial charge in [0.25, 0.3) is 0 Å². The largest absolute Gasteiger partial charge is 0.497 e. The highest BCUT2D eigenvalue weighted by molar-refractivity contribution is 5.90. The Morgan fingerprint density at radius 3 is 2.13 bits per heavy atom. The van der Waals surface area contributed by atoms with Crippen LogP contribution in [0.3, 0.4) is 0 Å². The first kappa shape index (κ1) is 18.5. The zero-order valence-corrected chi connectivity index (χ0v) is 14.1. The van der Waals surface area contributed by atoms with Crippen molar-refractivity contribution >= 4 is 12.1 Å². The van der Waals surface area contributed by atoms with Crippen LogP contribution in [0.1, 0.15) is 32.4 Å². The van der Waals surface area contributed by atoms with Gasteiger partial charge in [-0.1, -0.05) is 18.7 Å². The summed E-state index contributed by atoms with van der Waals surface area (Å²) in [6.45, 7) is 8.98. The molecule has 0 saturated heterocycles. The Balaban J connectivity index is 3.03. The van der Waals surface area contributed by atoms with Crippen LogP contribution in [0.15, 0.2) is 36.4 Å². The highest BCUT2D eigenvalue weighted by Gasteiger charge is 2.26. The molecular formula is C17H23NO5. The Morgan fingerprint density at radius 2 is 1.70 bits per heavy atom. The highest BCUT2D eigenvalue weighted by Crippen LogP contribution is 2.24. The molecule has 1 aromatic carbocycles. The Morgan fingerprint density at radius 1 is 1.13 bits per heavy atom. The number of carbonyl (C=O) groups excluding carboxylic acids is 2. The lowest BCUT2D eigenvalue weighted by Crippen LogP contribution is -2.36. The van der Waals surface area contributed by atoms with E-state index in [1.54, 1.807) is 52.1 Å². The number of hydrogen-bond donors (Lipinski definition) is 1. The van der Waals surface area contributed by atoms with Crippen LogP contribution >= 0.6 is 0 Å². The van der Waals surface area contributed by atoms with Crippen molar-refractivity contribution in [3.8, 4) is 5.75 Å². The molecule has 0 aliphatic rings. The van der Waals surface area contributed by atoms with Gasteiger partial charge in [-0.15, -0.1) is 0 Å². The van der Waals surface area contributed by atoms with Gasteiger partial charge in [0.2, 0.25) is 0 Å². The van der Waals surface area contributed by atoms with Gasteiger partial charge in [-0.05, 0) is 38.5 Å². The number of nitrogens with one attached hydrogen (secondary N) is 1. The molecule has 0 bridgehead atoms. The van der Waals surface area contributed by atoms with Crippen molar-refractivity contribution in [3.05, 3.63) is 42.0 Å². The molecule has 1 atom stereocenters. The van der Waals surface area contributed by atoms with E-state index < -0.39 is 23.7 Å². The summed E-state index contributed by atoms with van der Waals surface area (Å²) in [4.78, 5) is 23.8. The first-order valence-electron chi connectivity index (χ1n) is 7.08. The van der Waals surface area contributed by atoms with E-state index >= 15 is 0 Å². The zero-order valence-electron chi connectivity index (χ0n) is 14.1. The molecule has 0 radical (unpaired) electrons. The predicted octanol–water partition coefficient (Wildman–Crippen LogP) is 2.99. The van der Waals surface area contributed by atoms with Gasteiger partial charge in [0.15, 0.2) is 0 Å². The quantitative estimate of drug-likeness (QED) is 0.666. The minimum atomic E-state index is -0.761. The van der Waals surface area contributed by atoms with Crippen molar-refractivity contribution in [2.75, 3.05) is 14.2 Å². The number of alkyl carbamates (subject to hydrolysis) is 1. The maximum atomic E-state index is 12.0. The van der Waals surface area contributed by atoms with Crippen LogP contribution in [0.5, 0.6) is 5.75 Å². The van der Waals surface area contributed by atoms with Crippen LogP contribution in [0.4, 0.5) is 4.79 Å². The number of rotatable bonds is 5. The molecule has 1 unspecified atom stereocenters. The van der Waals surface area contributed by atoms with Gasteiger partial charge in [0, 0.05) is 0 Å². The minimum Gasteiger partial charge on any atom is -0.497 e. The summed E-state index contributed by atoms with van der Waals surface area (Å²) < 4.78 is 15.0. The van der Waals surface area contributed by atoms with Crippen LogP contribution in [0.25, 0.3) is 0 Å². The monoisotopic (exact) mass is 321 g/mol. The number of methoxy groups -OCH3 is 2. The molecule has 1 N–H and O–H groups in total. The molecule has 1 aromatic rings. The average Bonchev–Trinajstić information content (AvgIpc) is 2.49. The normalized spacial score (nSPS) is 12.0. The van der Waals surface area contributed by atoms with Gasteiger partial charge >= 0.3 is 12.1 Å². The minimum absolute atomic E-state index is 0.100. The van der Waals surface area contributed by atoms with Crippen molar-refractivity contribution in [2.24, 2.45) is 0 Å². The summed E-state index contributed by atoms with van der Waals surface area (Å²) in [6, 6.07) is 6.15. The van der Waals surface area contributed by atoms with E-state index in [1.807, 2.05) is 0 Å². The third kappa shape index (κ3) is 5.65.